The molecule has 0 saturated heterocycles. The van der Waals surface area contributed by atoms with Crippen molar-refractivity contribution >= 4 is 0 Å². The van der Waals surface area contributed by atoms with Gasteiger partial charge in [-0.15, -0.1) is 0 Å². The van der Waals surface area contributed by atoms with Crippen LogP contribution in [0.3, 0.4) is 0 Å². The minimum absolute atomic E-state index is 0.0218. The summed E-state index contributed by atoms with van der Waals surface area (Å²) in [5.74, 6) is 0. The van der Waals surface area contributed by atoms with Crippen molar-refractivity contribution < 1.29 is 9.57 Å². The first kappa shape index (κ1) is 10.6. The van der Waals surface area contributed by atoms with E-state index in [0.29, 0.717) is 0 Å². The zero-order valence-electron chi connectivity index (χ0n) is 9.25. The van der Waals surface area contributed by atoms with Gasteiger partial charge >= 0.3 is 0 Å². The maximum absolute atomic E-state index is 5.59. The molecule has 0 heterocycles. The van der Waals surface area contributed by atoms with Crippen molar-refractivity contribution in [3.63, 3.8) is 0 Å². The van der Waals surface area contributed by atoms with Crippen LogP contribution in [0.15, 0.2) is 24.3 Å². The number of ether oxygens (including phenoxy) is 1. The van der Waals surface area contributed by atoms with Crippen LogP contribution in [0.4, 0.5) is 0 Å². The van der Waals surface area contributed by atoms with Crippen LogP contribution >= 0.6 is 0 Å². The highest BCUT2D eigenvalue weighted by Crippen LogP contribution is 2.49. The molecule has 0 atom stereocenters. The molecule has 0 radical (unpaired) electrons. The van der Waals surface area contributed by atoms with Crippen molar-refractivity contribution in [2.45, 2.75) is 25.0 Å². The predicted molar refractivity (Wildman–Crippen MR) is 58.2 cm³/mol. The number of benzene rings is 1. The van der Waals surface area contributed by atoms with E-state index in [4.69, 9.17) is 9.57 Å². The highest BCUT2D eigenvalue weighted by Gasteiger charge is 2.45. The fraction of sp³-hybridized carbons (Fsp3) is 0.500. The van der Waals surface area contributed by atoms with Crippen molar-refractivity contribution in [3.05, 3.63) is 35.4 Å². The maximum Gasteiger partial charge on any atom is 0.0933 e. The quantitative estimate of drug-likeness (QED) is 0.749. The normalized spacial score (nSPS) is 17.7. The summed E-state index contributed by atoms with van der Waals surface area (Å²) >= 11 is 0. The zero-order valence-corrected chi connectivity index (χ0v) is 9.25. The number of hydroxylamine groups is 1. The molecule has 1 saturated carbocycles. The van der Waals surface area contributed by atoms with E-state index in [-0.39, 0.29) is 5.60 Å². The van der Waals surface area contributed by atoms with Gasteiger partial charge in [-0.2, -0.15) is 5.48 Å². The first-order valence-corrected chi connectivity index (χ1v) is 5.22. The van der Waals surface area contributed by atoms with Crippen LogP contribution in [0, 0.1) is 0 Å². The molecule has 0 aromatic heterocycles. The Morgan fingerprint density at radius 3 is 2.60 bits per heavy atom. The fourth-order valence-electron chi connectivity index (χ4n) is 1.97. The van der Waals surface area contributed by atoms with Gasteiger partial charge in [0.25, 0.3) is 0 Å². The van der Waals surface area contributed by atoms with Gasteiger partial charge in [0.2, 0.25) is 0 Å². The number of hydrogen-bond acceptors (Lipinski definition) is 3. The smallest absolute Gasteiger partial charge is 0.0933 e. The van der Waals surface area contributed by atoms with Gasteiger partial charge in [-0.1, -0.05) is 24.3 Å². The Labute approximate surface area is 90.3 Å². The third-order valence-corrected chi connectivity index (χ3v) is 3.01. The van der Waals surface area contributed by atoms with Crippen LogP contribution < -0.4 is 5.48 Å². The third-order valence-electron chi connectivity index (χ3n) is 3.01. The molecular weight excluding hydrogens is 190 g/mol. The Balaban J connectivity index is 2.22. The topological polar surface area (TPSA) is 30.5 Å². The van der Waals surface area contributed by atoms with Crippen LogP contribution in [-0.4, -0.2) is 14.2 Å². The van der Waals surface area contributed by atoms with Crippen LogP contribution in [0.5, 0.6) is 0 Å². The zero-order chi connectivity index (χ0) is 10.7. The van der Waals surface area contributed by atoms with Crippen molar-refractivity contribution in [1.82, 2.24) is 5.48 Å². The molecule has 1 aliphatic rings. The largest absolute Gasteiger partial charge is 0.374 e. The van der Waals surface area contributed by atoms with E-state index in [1.54, 1.807) is 14.2 Å². The van der Waals surface area contributed by atoms with Crippen molar-refractivity contribution in [1.29, 1.82) is 0 Å². The third kappa shape index (κ3) is 2.04. The monoisotopic (exact) mass is 207 g/mol. The highest BCUT2D eigenvalue weighted by atomic mass is 16.6. The second-order valence-electron chi connectivity index (χ2n) is 3.88. The van der Waals surface area contributed by atoms with Crippen LogP contribution in [0.1, 0.15) is 24.0 Å². The average molecular weight is 207 g/mol. The molecule has 0 spiro atoms. The summed E-state index contributed by atoms with van der Waals surface area (Å²) in [6, 6.07) is 8.36. The summed E-state index contributed by atoms with van der Waals surface area (Å²) in [7, 11) is 3.42. The van der Waals surface area contributed by atoms with Crippen molar-refractivity contribution in [2.75, 3.05) is 14.2 Å². The lowest BCUT2D eigenvalue weighted by molar-refractivity contribution is 0.0719. The average Bonchev–Trinajstić information content (AvgIpc) is 3.08. The van der Waals surface area contributed by atoms with Gasteiger partial charge in [-0.25, -0.2) is 0 Å². The summed E-state index contributed by atoms with van der Waals surface area (Å²) in [5.41, 5.74) is 5.39. The molecule has 0 unspecified atom stereocenters. The lowest BCUT2D eigenvalue weighted by atomic mass is 10.0. The molecule has 3 heteroatoms. The molecule has 15 heavy (non-hydrogen) atoms. The summed E-state index contributed by atoms with van der Waals surface area (Å²) in [6.45, 7) is 0.720. The summed E-state index contributed by atoms with van der Waals surface area (Å²) in [6.07, 6.45) is 2.24. The van der Waals surface area contributed by atoms with Gasteiger partial charge in [-0.3, -0.25) is 0 Å². The van der Waals surface area contributed by atoms with Gasteiger partial charge in [0.15, 0.2) is 0 Å². The highest BCUT2D eigenvalue weighted by molar-refractivity contribution is 5.36. The molecule has 2 rings (SSSR count). The minimum Gasteiger partial charge on any atom is -0.374 e. The fourth-order valence-corrected chi connectivity index (χ4v) is 1.97. The van der Waals surface area contributed by atoms with Crippen molar-refractivity contribution in [2.24, 2.45) is 0 Å². The SMILES string of the molecule is CONCc1ccccc1C1(OC)CC1. The Morgan fingerprint density at radius 2 is 2.00 bits per heavy atom. The Bertz CT molecular complexity index is 334. The Hall–Kier alpha value is -0.900. The second kappa shape index (κ2) is 4.31. The predicted octanol–water partition coefficient (Wildman–Crippen LogP) is 1.97. The van der Waals surface area contributed by atoms with Crippen LogP contribution in [-0.2, 0) is 21.7 Å². The molecular formula is C12H17NO2. The van der Waals surface area contributed by atoms with E-state index in [1.807, 2.05) is 6.07 Å². The summed E-state index contributed by atoms with van der Waals surface area (Å²) in [5, 5.41) is 0. The molecule has 1 aromatic carbocycles. The molecule has 1 aromatic rings. The van der Waals surface area contributed by atoms with E-state index >= 15 is 0 Å². The maximum atomic E-state index is 5.59. The molecule has 0 bridgehead atoms. The first-order chi connectivity index (χ1) is 7.32. The second-order valence-corrected chi connectivity index (χ2v) is 3.88. The molecule has 1 fully saturated rings. The number of hydrogen-bond donors (Lipinski definition) is 1. The van der Waals surface area contributed by atoms with Crippen LogP contribution in [0.2, 0.25) is 0 Å². The van der Waals surface area contributed by atoms with E-state index in [1.165, 1.54) is 11.1 Å². The molecule has 1 N–H and O–H groups in total. The first-order valence-electron chi connectivity index (χ1n) is 5.22. The van der Waals surface area contributed by atoms with Gasteiger partial charge in [0.05, 0.1) is 12.7 Å². The minimum atomic E-state index is -0.0218. The molecule has 1 aliphatic carbocycles. The lowest BCUT2D eigenvalue weighted by Gasteiger charge is -2.18. The standard InChI is InChI=1S/C12H17NO2/c1-14-12(7-8-12)11-6-4-3-5-10(11)9-13-15-2/h3-6,13H,7-9H2,1-2H3. The van der Waals surface area contributed by atoms with E-state index in [2.05, 4.69) is 23.7 Å². The van der Waals surface area contributed by atoms with Gasteiger partial charge in [0, 0.05) is 13.7 Å². The molecule has 0 aliphatic heterocycles. The molecule has 0 amide bonds. The Kier molecular flexibility index (Phi) is 3.05. The lowest BCUT2D eigenvalue weighted by Crippen LogP contribution is -2.17. The van der Waals surface area contributed by atoms with E-state index in [0.717, 1.165) is 19.4 Å². The number of nitrogens with one attached hydrogen (secondary N) is 1. The van der Waals surface area contributed by atoms with E-state index in [9.17, 15) is 0 Å². The number of rotatable bonds is 5. The molecule has 82 valence electrons. The number of methoxy groups -OCH3 is 1. The van der Waals surface area contributed by atoms with E-state index < -0.39 is 0 Å². The van der Waals surface area contributed by atoms with Crippen LogP contribution in [0.25, 0.3) is 0 Å². The molecule has 3 nitrogen and oxygen atoms in total. The van der Waals surface area contributed by atoms with Gasteiger partial charge in [0.1, 0.15) is 0 Å². The van der Waals surface area contributed by atoms with Crippen molar-refractivity contribution in [3.8, 4) is 0 Å². The van der Waals surface area contributed by atoms with Gasteiger partial charge in [-0.05, 0) is 24.0 Å². The Morgan fingerprint density at radius 1 is 1.27 bits per heavy atom. The summed E-state index contributed by atoms with van der Waals surface area (Å²) in [4.78, 5) is 4.88. The van der Waals surface area contributed by atoms with Gasteiger partial charge < -0.3 is 9.57 Å². The summed E-state index contributed by atoms with van der Waals surface area (Å²) < 4.78 is 5.59.